The lowest BCUT2D eigenvalue weighted by Gasteiger charge is -2.13. The topological polar surface area (TPSA) is 24.9 Å². The Morgan fingerprint density at radius 3 is 2.71 bits per heavy atom. The van der Waals surface area contributed by atoms with Gasteiger partial charge in [0.2, 0.25) is 0 Å². The third-order valence-electron chi connectivity index (χ3n) is 3.02. The first-order chi connectivity index (χ1) is 10.1. The van der Waals surface area contributed by atoms with E-state index in [2.05, 4.69) is 30.2 Å². The van der Waals surface area contributed by atoms with Crippen LogP contribution in [0.4, 0.5) is 0 Å². The van der Waals surface area contributed by atoms with Gasteiger partial charge >= 0.3 is 0 Å². The molecule has 1 aromatic heterocycles. The summed E-state index contributed by atoms with van der Waals surface area (Å²) >= 11 is 13.7. The Hall–Kier alpha value is -0.740. The van der Waals surface area contributed by atoms with Gasteiger partial charge in [0.15, 0.2) is 0 Å². The highest BCUT2D eigenvalue weighted by Gasteiger charge is 2.07. The van der Waals surface area contributed by atoms with Gasteiger partial charge in [-0.25, -0.2) is 0 Å². The number of hydrogen-bond donors (Lipinski definition) is 1. The molecular formula is C16H18Cl2N2S. The predicted molar refractivity (Wildman–Crippen MR) is 91.5 cm³/mol. The molecule has 0 spiro atoms. The molecule has 5 heteroatoms. The lowest BCUT2D eigenvalue weighted by Crippen LogP contribution is -2.20. The third-order valence-corrected chi connectivity index (χ3v) is 4.74. The zero-order valence-electron chi connectivity index (χ0n) is 12.1. The SMILES string of the molecule is CCCNC(C)c1ccc(Sc2cc(Cl)ccc2Cl)cn1. The molecular weight excluding hydrogens is 323 g/mol. The van der Waals surface area contributed by atoms with E-state index in [0.29, 0.717) is 10.0 Å². The zero-order chi connectivity index (χ0) is 15.2. The van der Waals surface area contributed by atoms with Crippen molar-refractivity contribution >= 4 is 35.0 Å². The van der Waals surface area contributed by atoms with Crippen LogP contribution in [0.5, 0.6) is 0 Å². The molecule has 1 aromatic carbocycles. The normalized spacial score (nSPS) is 12.4. The van der Waals surface area contributed by atoms with Crippen LogP contribution in [-0.4, -0.2) is 11.5 Å². The fourth-order valence-electron chi connectivity index (χ4n) is 1.86. The average molecular weight is 341 g/mol. The minimum absolute atomic E-state index is 0.263. The molecule has 0 saturated heterocycles. The van der Waals surface area contributed by atoms with Crippen molar-refractivity contribution in [2.75, 3.05) is 6.54 Å². The maximum Gasteiger partial charge on any atom is 0.0571 e. The first kappa shape index (κ1) is 16.6. The Morgan fingerprint density at radius 2 is 2.05 bits per heavy atom. The van der Waals surface area contributed by atoms with Crippen LogP contribution in [0.15, 0.2) is 46.3 Å². The van der Waals surface area contributed by atoms with Crippen LogP contribution in [0.1, 0.15) is 32.0 Å². The maximum atomic E-state index is 6.18. The quantitative estimate of drug-likeness (QED) is 0.740. The van der Waals surface area contributed by atoms with Gasteiger partial charge in [0.25, 0.3) is 0 Å². The Bertz CT molecular complexity index is 587. The molecule has 112 valence electrons. The van der Waals surface area contributed by atoms with E-state index < -0.39 is 0 Å². The lowest BCUT2D eigenvalue weighted by atomic mass is 10.2. The number of benzene rings is 1. The summed E-state index contributed by atoms with van der Waals surface area (Å²) in [6.45, 7) is 5.28. The summed E-state index contributed by atoms with van der Waals surface area (Å²) in [5, 5.41) is 4.81. The molecule has 1 N–H and O–H groups in total. The molecule has 0 saturated carbocycles. The third kappa shape index (κ3) is 4.89. The minimum Gasteiger partial charge on any atom is -0.309 e. The zero-order valence-corrected chi connectivity index (χ0v) is 14.4. The summed E-state index contributed by atoms with van der Waals surface area (Å²) in [5.74, 6) is 0. The van der Waals surface area contributed by atoms with Crippen molar-refractivity contribution in [2.24, 2.45) is 0 Å². The van der Waals surface area contributed by atoms with Gasteiger partial charge in [0, 0.05) is 27.1 Å². The van der Waals surface area contributed by atoms with Crippen molar-refractivity contribution in [2.45, 2.75) is 36.1 Å². The first-order valence-electron chi connectivity index (χ1n) is 6.92. The van der Waals surface area contributed by atoms with Crippen LogP contribution in [0.2, 0.25) is 10.0 Å². The molecule has 1 unspecified atom stereocenters. The van der Waals surface area contributed by atoms with Crippen LogP contribution in [0.3, 0.4) is 0 Å². The highest BCUT2D eigenvalue weighted by Crippen LogP contribution is 2.34. The summed E-state index contributed by atoms with van der Waals surface area (Å²) in [4.78, 5) is 6.51. The van der Waals surface area contributed by atoms with Gasteiger partial charge in [-0.2, -0.15) is 0 Å². The van der Waals surface area contributed by atoms with E-state index in [9.17, 15) is 0 Å². The first-order valence-corrected chi connectivity index (χ1v) is 8.49. The molecule has 0 aliphatic rings. The summed E-state index contributed by atoms with van der Waals surface area (Å²) in [7, 11) is 0. The second kappa shape index (κ2) is 8.04. The molecule has 2 nitrogen and oxygen atoms in total. The number of aromatic nitrogens is 1. The molecule has 0 aliphatic carbocycles. The smallest absolute Gasteiger partial charge is 0.0571 e. The Balaban J connectivity index is 2.07. The summed E-state index contributed by atoms with van der Waals surface area (Å²) in [6.07, 6.45) is 2.99. The van der Waals surface area contributed by atoms with Crippen molar-refractivity contribution in [1.29, 1.82) is 0 Å². The fraction of sp³-hybridized carbons (Fsp3) is 0.312. The Kier molecular flexibility index (Phi) is 6.37. The van der Waals surface area contributed by atoms with Crippen molar-refractivity contribution in [3.63, 3.8) is 0 Å². The van der Waals surface area contributed by atoms with Crippen LogP contribution in [0.25, 0.3) is 0 Å². The van der Waals surface area contributed by atoms with Crippen molar-refractivity contribution in [1.82, 2.24) is 10.3 Å². The van der Waals surface area contributed by atoms with Crippen molar-refractivity contribution in [3.05, 3.63) is 52.3 Å². The average Bonchev–Trinajstić information content (AvgIpc) is 2.49. The number of nitrogens with zero attached hydrogens (tertiary/aromatic N) is 1. The van der Waals surface area contributed by atoms with Gasteiger partial charge < -0.3 is 5.32 Å². The molecule has 0 aliphatic heterocycles. The van der Waals surface area contributed by atoms with E-state index in [1.165, 1.54) is 0 Å². The van der Waals surface area contributed by atoms with Crippen molar-refractivity contribution in [3.8, 4) is 0 Å². The molecule has 2 rings (SSSR count). The summed E-state index contributed by atoms with van der Waals surface area (Å²) in [5.41, 5.74) is 1.05. The monoisotopic (exact) mass is 340 g/mol. The number of hydrogen-bond acceptors (Lipinski definition) is 3. The number of rotatable bonds is 6. The van der Waals surface area contributed by atoms with Crippen LogP contribution >= 0.6 is 35.0 Å². The molecule has 0 amide bonds. The molecule has 21 heavy (non-hydrogen) atoms. The maximum absolute atomic E-state index is 6.18. The molecule has 0 bridgehead atoms. The van der Waals surface area contributed by atoms with Gasteiger partial charge in [0.1, 0.15) is 0 Å². The number of pyridine rings is 1. The van der Waals surface area contributed by atoms with Gasteiger partial charge in [0.05, 0.1) is 10.7 Å². The molecule has 1 atom stereocenters. The van der Waals surface area contributed by atoms with E-state index in [-0.39, 0.29) is 6.04 Å². The Morgan fingerprint density at radius 1 is 1.24 bits per heavy atom. The second-order valence-corrected chi connectivity index (χ2v) is 6.73. The van der Waals surface area contributed by atoms with Crippen LogP contribution in [0, 0.1) is 0 Å². The van der Waals surface area contributed by atoms with Crippen LogP contribution in [-0.2, 0) is 0 Å². The molecule has 0 fully saturated rings. The summed E-state index contributed by atoms with van der Waals surface area (Å²) in [6, 6.07) is 9.84. The summed E-state index contributed by atoms with van der Waals surface area (Å²) < 4.78 is 0. The van der Waals surface area contributed by atoms with E-state index in [4.69, 9.17) is 23.2 Å². The van der Waals surface area contributed by atoms with E-state index in [0.717, 1.165) is 28.5 Å². The number of nitrogens with one attached hydrogen (secondary N) is 1. The minimum atomic E-state index is 0.263. The van der Waals surface area contributed by atoms with Gasteiger partial charge in [-0.1, -0.05) is 41.9 Å². The van der Waals surface area contributed by atoms with E-state index in [1.54, 1.807) is 17.8 Å². The molecule has 1 heterocycles. The highest BCUT2D eigenvalue weighted by atomic mass is 35.5. The van der Waals surface area contributed by atoms with E-state index >= 15 is 0 Å². The molecule has 2 aromatic rings. The predicted octanol–water partition coefficient (Wildman–Crippen LogP) is 5.60. The second-order valence-electron chi connectivity index (χ2n) is 4.77. The van der Waals surface area contributed by atoms with Gasteiger partial charge in [-0.15, -0.1) is 0 Å². The highest BCUT2D eigenvalue weighted by molar-refractivity contribution is 7.99. The largest absolute Gasteiger partial charge is 0.309 e. The molecule has 0 radical (unpaired) electrons. The lowest BCUT2D eigenvalue weighted by molar-refractivity contribution is 0.558. The fourth-order valence-corrected chi connectivity index (χ4v) is 3.17. The van der Waals surface area contributed by atoms with Gasteiger partial charge in [-0.05, 0) is 50.2 Å². The standard InChI is InChI=1S/C16H18Cl2N2S/c1-3-8-19-11(2)15-7-5-13(10-20-15)21-16-9-12(17)4-6-14(16)18/h4-7,9-11,19H,3,8H2,1-2H3. The van der Waals surface area contributed by atoms with Crippen LogP contribution < -0.4 is 5.32 Å². The Labute approximate surface area is 140 Å². The van der Waals surface area contributed by atoms with E-state index in [1.807, 2.05) is 24.4 Å². The van der Waals surface area contributed by atoms with Crippen molar-refractivity contribution < 1.29 is 0 Å². The number of halogens is 2. The van der Waals surface area contributed by atoms with Gasteiger partial charge in [-0.3, -0.25) is 4.98 Å².